The number of aliphatic hydroxyl groups excluding tert-OH is 1. The number of aromatic amines is 1. The van der Waals surface area contributed by atoms with Gasteiger partial charge in [0.2, 0.25) is 0 Å². The van der Waals surface area contributed by atoms with Crippen molar-refractivity contribution in [3.8, 4) is 11.3 Å². The highest BCUT2D eigenvalue weighted by molar-refractivity contribution is 7.92. The van der Waals surface area contributed by atoms with Crippen LogP contribution in [-0.2, 0) is 9.84 Å². The minimum Gasteiger partial charge on any atom is -0.394 e. The Bertz CT molecular complexity index is 1210. The van der Waals surface area contributed by atoms with Crippen molar-refractivity contribution in [1.29, 1.82) is 0 Å². The molecule has 1 amide bonds. The van der Waals surface area contributed by atoms with Crippen LogP contribution in [0.5, 0.6) is 0 Å². The van der Waals surface area contributed by atoms with Crippen LogP contribution in [0.4, 0.5) is 0 Å². The van der Waals surface area contributed by atoms with Crippen molar-refractivity contribution in [2.45, 2.75) is 55.2 Å². The molecule has 0 saturated heterocycles. The predicted octanol–water partition coefficient (Wildman–Crippen LogP) is 2.84. The fourth-order valence-electron chi connectivity index (χ4n) is 3.97. The zero-order chi connectivity index (χ0) is 22.2. The van der Waals surface area contributed by atoms with Gasteiger partial charge in [-0.2, -0.15) is 0 Å². The third kappa shape index (κ3) is 3.95. The molecular formula is C22H26N4O4S. The van der Waals surface area contributed by atoms with Gasteiger partial charge in [-0.05, 0) is 38.8 Å². The van der Waals surface area contributed by atoms with E-state index in [2.05, 4.69) is 20.3 Å². The molecule has 1 saturated carbocycles. The molecule has 1 aromatic carbocycles. The Kier molecular flexibility index (Phi) is 5.57. The molecule has 8 nitrogen and oxygen atoms in total. The quantitative estimate of drug-likeness (QED) is 0.539. The summed E-state index contributed by atoms with van der Waals surface area (Å²) in [6, 6.07) is 6.51. The number of amides is 1. The molecule has 1 aliphatic rings. The zero-order valence-electron chi connectivity index (χ0n) is 17.6. The monoisotopic (exact) mass is 442 g/mol. The first kappa shape index (κ1) is 21.5. The number of rotatable bonds is 6. The van der Waals surface area contributed by atoms with E-state index in [1.54, 1.807) is 50.5 Å². The standard InChI is InChI=1S/C22H26N4O4S/c1-14(2)31(29,30)16-7-5-15(6-8-16)18-12-24-20-19(25-18)17(11-23-20)21(28)26-22(13-27)9-3-4-10-22/h5-8,11-12,14,27H,3-4,9-10,13H2,1-2H3,(H,23,24)(H,26,28). The number of benzene rings is 1. The molecule has 1 aliphatic carbocycles. The second-order valence-corrected chi connectivity index (χ2v) is 10.9. The second kappa shape index (κ2) is 8.05. The number of sulfone groups is 1. The average molecular weight is 443 g/mol. The molecule has 31 heavy (non-hydrogen) atoms. The Morgan fingerprint density at radius 3 is 2.52 bits per heavy atom. The Labute approximate surface area is 181 Å². The normalized spacial score (nSPS) is 16.1. The Hall–Kier alpha value is -2.78. The Morgan fingerprint density at radius 2 is 1.90 bits per heavy atom. The van der Waals surface area contributed by atoms with Gasteiger partial charge in [-0.15, -0.1) is 0 Å². The first-order chi connectivity index (χ1) is 14.8. The van der Waals surface area contributed by atoms with Gasteiger partial charge < -0.3 is 15.4 Å². The number of carbonyl (C=O) groups excluding carboxylic acids is 1. The summed E-state index contributed by atoms with van der Waals surface area (Å²) in [5, 5.41) is 12.3. The molecule has 0 atom stereocenters. The van der Waals surface area contributed by atoms with Crippen molar-refractivity contribution in [3.63, 3.8) is 0 Å². The smallest absolute Gasteiger partial charge is 0.255 e. The Balaban J connectivity index is 1.65. The van der Waals surface area contributed by atoms with Crippen molar-refractivity contribution in [2.24, 2.45) is 0 Å². The van der Waals surface area contributed by atoms with Gasteiger partial charge in [0.25, 0.3) is 5.91 Å². The number of nitrogens with zero attached hydrogens (tertiary/aromatic N) is 2. The third-order valence-corrected chi connectivity index (χ3v) is 8.14. The number of carbonyl (C=O) groups is 1. The molecule has 0 spiro atoms. The summed E-state index contributed by atoms with van der Waals surface area (Å²) in [4.78, 5) is 25.1. The maximum absolute atomic E-state index is 12.9. The number of nitrogens with one attached hydrogen (secondary N) is 2. The molecular weight excluding hydrogens is 416 g/mol. The number of hydrogen-bond donors (Lipinski definition) is 3. The molecule has 164 valence electrons. The highest BCUT2D eigenvalue weighted by Crippen LogP contribution is 2.30. The molecule has 4 rings (SSSR count). The first-order valence-corrected chi connectivity index (χ1v) is 11.9. The maximum atomic E-state index is 12.9. The van der Waals surface area contributed by atoms with Gasteiger partial charge in [0.1, 0.15) is 5.52 Å². The van der Waals surface area contributed by atoms with Crippen LogP contribution < -0.4 is 5.32 Å². The zero-order valence-corrected chi connectivity index (χ0v) is 18.4. The molecule has 9 heteroatoms. The molecule has 0 unspecified atom stereocenters. The van der Waals surface area contributed by atoms with Gasteiger partial charge >= 0.3 is 0 Å². The number of fused-ring (bicyclic) bond motifs is 1. The summed E-state index contributed by atoms with van der Waals surface area (Å²) >= 11 is 0. The number of hydrogen-bond acceptors (Lipinski definition) is 6. The molecule has 3 N–H and O–H groups in total. The van der Waals surface area contributed by atoms with Gasteiger partial charge in [0.15, 0.2) is 15.5 Å². The summed E-state index contributed by atoms with van der Waals surface area (Å²) in [7, 11) is -3.35. The fraction of sp³-hybridized carbons (Fsp3) is 0.409. The van der Waals surface area contributed by atoms with E-state index in [0.29, 0.717) is 28.0 Å². The van der Waals surface area contributed by atoms with E-state index in [9.17, 15) is 18.3 Å². The largest absolute Gasteiger partial charge is 0.394 e. The second-order valence-electron chi connectivity index (χ2n) is 8.37. The van der Waals surface area contributed by atoms with E-state index in [0.717, 1.165) is 25.7 Å². The van der Waals surface area contributed by atoms with Gasteiger partial charge in [-0.3, -0.25) is 4.79 Å². The highest BCUT2D eigenvalue weighted by atomic mass is 32.2. The van der Waals surface area contributed by atoms with E-state index in [1.807, 2.05) is 0 Å². The van der Waals surface area contributed by atoms with E-state index in [-0.39, 0.29) is 17.4 Å². The fourth-order valence-corrected chi connectivity index (χ4v) is 5.03. The summed E-state index contributed by atoms with van der Waals surface area (Å²) in [5.41, 5.74) is 1.93. The number of aliphatic hydroxyl groups is 1. The number of H-pyrrole nitrogens is 1. The lowest BCUT2D eigenvalue weighted by Gasteiger charge is -2.27. The highest BCUT2D eigenvalue weighted by Gasteiger charge is 2.35. The van der Waals surface area contributed by atoms with Crippen LogP contribution in [0.15, 0.2) is 41.6 Å². The molecule has 3 aromatic rings. The van der Waals surface area contributed by atoms with Crippen molar-refractivity contribution in [1.82, 2.24) is 20.3 Å². The van der Waals surface area contributed by atoms with E-state index in [1.165, 1.54) is 0 Å². The maximum Gasteiger partial charge on any atom is 0.255 e. The first-order valence-electron chi connectivity index (χ1n) is 10.4. The Morgan fingerprint density at radius 1 is 1.23 bits per heavy atom. The molecule has 2 heterocycles. The molecule has 1 fully saturated rings. The van der Waals surface area contributed by atoms with Crippen molar-refractivity contribution < 1.29 is 18.3 Å². The third-order valence-electron chi connectivity index (χ3n) is 5.97. The van der Waals surface area contributed by atoms with Gasteiger partial charge in [0, 0.05) is 11.8 Å². The van der Waals surface area contributed by atoms with Gasteiger partial charge in [0.05, 0.1) is 39.7 Å². The van der Waals surface area contributed by atoms with Crippen molar-refractivity contribution in [3.05, 3.63) is 42.2 Å². The van der Waals surface area contributed by atoms with Crippen molar-refractivity contribution in [2.75, 3.05) is 6.61 Å². The SMILES string of the molecule is CC(C)S(=O)(=O)c1ccc(-c2cnc3[nH]cc(C(=O)NC4(CO)CCCC4)c3n2)cc1. The van der Waals surface area contributed by atoms with Gasteiger partial charge in [-0.25, -0.2) is 18.4 Å². The minimum atomic E-state index is -3.35. The summed E-state index contributed by atoms with van der Waals surface area (Å²) in [6.07, 6.45) is 6.60. The molecule has 2 aromatic heterocycles. The van der Waals surface area contributed by atoms with Crippen molar-refractivity contribution >= 4 is 26.9 Å². The average Bonchev–Trinajstić information content (AvgIpc) is 3.40. The predicted molar refractivity (Wildman–Crippen MR) is 117 cm³/mol. The molecule has 0 aliphatic heterocycles. The molecule has 0 radical (unpaired) electrons. The topological polar surface area (TPSA) is 125 Å². The van der Waals surface area contributed by atoms with Crippen LogP contribution in [0.2, 0.25) is 0 Å². The van der Waals surface area contributed by atoms with Crippen LogP contribution in [0.3, 0.4) is 0 Å². The van der Waals surface area contributed by atoms with E-state index < -0.39 is 20.6 Å². The lowest BCUT2D eigenvalue weighted by molar-refractivity contribution is 0.0840. The van der Waals surface area contributed by atoms with Crippen LogP contribution in [0.1, 0.15) is 49.9 Å². The van der Waals surface area contributed by atoms with E-state index in [4.69, 9.17) is 0 Å². The van der Waals surface area contributed by atoms with Crippen LogP contribution in [-0.4, -0.2) is 51.8 Å². The minimum absolute atomic E-state index is 0.0936. The van der Waals surface area contributed by atoms with Gasteiger partial charge in [-0.1, -0.05) is 25.0 Å². The lowest BCUT2D eigenvalue weighted by Crippen LogP contribution is -2.49. The van der Waals surface area contributed by atoms with Crippen LogP contribution in [0, 0.1) is 0 Å². The summed E-state index contributed by atoms with van der Waals surface area (Å²) < 4.78 is 24.7. The van der Waals surface area contributed by atoms with E-state index >= 15 is 0 Å². The number of aromatic nitrogens is 3. The molecule has 0 bridgehead atoms. The van der Waals surface area contributed by atoms with Crippen LogP contribution >= 0.6 is 0 Å². The lowest BCUT2D eigenvalue weighted by atomic mass is 9.98. The summed E-state index contributed by atoms with van der Waals surface area (Å²) in [6.45, 7) is 3.20. The van der Waals surface area contributed by atoms with Crippen LogP contribution in [0.25, 0.3) is 22.4 Å². The summed E-state index contributed by atoms with van der Waals surface area (Å²) in [5.74, 6) is -0.299.